The number of hydrogen-bond donors (Lipinski definition) is 0. The van der Waals surface area contributed by atoms with E-state index in [-0.39, 0.29) is 6.10 Å². The second-order valence-corrected chi connectivity index (χ2v) is 8.31. The van der Waals surface area contributed by atoms with E-state index >= 15 is 0 Å². The van der Waals surface area contributed by atoms with Crippen molar-refractivity contribution in [3.8, 4) is 23.2 Å². The zero-order valence-electron chi connectivity index (χ0n) is 19.9. The van der Waals surface area contributed by atoms with Crippen LogP contribution in [0.4, 0.5) is 0 Å². The number of fused-ring (bicyclic) bond motifs is 2. The Morgan fingerprint density at radius 3 is 2.76 bits per heavy atom. The number of pyridine rings is 2. The van der Waals surface area contributed by atoms with E-state index in [0.29, 0.717) is 35.9 Å². The molecule has 34 heavy (non-hydrogen) atoms. The second-order valence-electron chi connectivity index (χ2n) is 7.91. The van der Waals surface area contributed by atoms with Gasteiger partial charge in [0.05, 0.1) is 23.5 Å². The van der Waals surface area contributed by atoms with Gasteiger partial charge in [-0.3, -0.25) is 9.67 Å². The molecule has 1 aliphatic heterocycles. The van der Waals surface area contributed by atoms with E-state index in [0.717, 1.165) is 34.5 Å². The SMILES string of the molecule is CC.Cc1c(-c2cc(OC(C)c3cccnc3)c3c(Cl)cnn3c2)nn2c1CCN(C#N)CC2. The molecule has 0 saturated heterocycles. The standard InChI is InChI=1S/C23H22ClN7O.C2H6/c1-15-20-5-7-29(14-25)8-9-30(20)28-22(15)18-10-21(23-19(24)12-27-31(23)13-18)32-16(2)17-4-3-6-26-11-17;1-2/h3-4,6,10-13,16H,5,7-9H2,1-2H3;1-2H3. The Labute approximate surface area is 204 Å². The average Bonchev–Trinajstić information content (AvgIpc) is 3.32. The lowest BCUT2D eigenvalue weighted by molar-refractivity contribution is 0.228. The summed E-state index contributed by atoms with van der Waals surface area (Å²) < 4.78 is 10.1. The Balaban J connectivity index is 0.00000133. The van der Waals surface area contributed by atoms with Crippen LogP contribution in [0, 0.1) is 18.4 Å². The van der Waals surface area contributed by atoms with E-state index in [9.17, 15) is 5.26 Å². The fourth-order valence-corrected chi connectivity index (χ4v) is 4.40. The molecule has 9 heteroatoms. The monoisotopic (exact) mass is 477 g/mol. The number of halogens is 1. The number of ether oxygens (including phenoxy) is 1. The predicted octanol–water partition coefficient (Wildman–Crippen LogP) is 5.06. The highest BCUT2D eigenvalue weighted by molar-refractivity contribution is 6.34. The van der Waals surface area contributed by atoms with Gasteiger partial charge in [0.15, 0.2) is 6.19 Å². The summed E-state index contributed by atoms with van der Waals surface area (Å²) >= 11 is 6.44. The fraction of sp³-hybridized carbons (Fsp3) is 0.360. The molecular weight excluding hydrogens is 450 g/mol. The lowest BCUT2D eigenvalue weighted by Crippen LogP contribution is -2.21. The lowest BCUT2D eigenvalue weighted by Gasteiger charge is -2.17. The van der Waals surface area contributed by atoms with Crippen molar-refractivity contribution in [3.63, 3.8) is 0 Å². The van der Waals surface area contributed by atoms with Gasteiger partial charge in [-0.05, 0) is 31.5 Å². The van der Waals surface area contributed by atoms with Crippen molar-refractivity contribution in [1.29, 1.82) is 5.26 Å². The third-order valence-electron chi connectivity index (χ3n) is 5.93. The quantitative estimate of drug-likeness (QED) is 0.382. The molecular formula is C25H28ClN7O. The highest BCUT2D eigenvalue weighted by atomic mass is 35.5. The van der Waals surface area contributed by atoms with Crippen LogP contribution in [0.5, 0.6) is 5.75 Å². The van der Waals surface area contributed by atoms with Crippen LogP contribution in [-0.4, -0.2) is 42.4 Å². The maximum atomic E-state index is 9.23. The highest BCUT2D eigenvalue weighted by Crippen LogP contribution is 2.36. The molecule has 176 valence electrons. The van der Waals surface area contributed by atoms with Crippen LogP contribution in [0.3, 0.4) is 0 Å². The van der Waals surface area contributed by atoms with Crippen molar-refractivity contribution in [1.82, 2.24) is 29.3 Å². The first-order valence-electron chi connectivity index (χ1n) is 11.5. The van der Waals surface area contributed by atoms with Gasteiger partial charge in [-0.25, -0.2) is 4.52 Å². The van der Waals surface area contributed by atoms with E-state index < -0.39 is 0 Å². The van der Waals surface area contributed by atoms with Crippen LogP contribution >= 0.6 is 11.6 Å². The zero-order chi connectivity index (χ0) is 24.2. The summed E-state index contributed by atoms with van der Waals surface area (Å²) in [5.74, 6) is 0.639. The van der Waals surface area contributed by atoms with Gasteiger partial charge in [-0.15, -0.1) is 0 Å². The van der Waals surface area contributed by atoms with Gasteiger partial charge in [0.1, 0.15) is 17.4 Å². The first-order chi connectivity index (χ1) is 16.5. The lowest BCUT2D eigenvalue weighted by atomic mass is 10.1. The molecule has 4 aromatic heterocycles. The topological polar surface area (TPSA) is 84.3 Å². The van der Waals surface area contributed by atoms with Crippen molar-refractivity contribution >= 4 is 17.1 Å². The van der Waals surface area contributed by atoms with E-state index in [4.69, 9.17) is 21.4 Å². The van der Waals surface area contributed by atoms with Crippen molar-refractivity contribution in [2.24, 2.45) is 0 Å². The van der Waals surface area contributed by atoms with E-state index in [2.05, 4.69) is 23.2 Å². The van der Waals surface area contributed by atoms with Gasteiger partial charge < -0.3 is 9.64 Å². The van der Waals surface area contributed by atoms with Crippen molar-refractivity contribution in [3.05, 3.63) is 64.8 Å². The van der Waals surface area contributed by atoms with Crippen LogP contribution in [0.25, 0.3) is 16.8 Å². The molecule has 0 spiro atoms. The van der Waals surface area contributed by atoms with Crippen LogP contribution in [0.1, 0.15) is 43.7 Å². The molecule has 1 unspecified atom stereocenters. The number of hydrogen-bond acceptors (Lipinski definition) is 6. The van der Waals surface area contributed by atoms with Crippen molar-refractivity contribution in [2.75, 3.05) is 13.1 Å². The summed E-state index contributed by atoms with van der Waals surface area (Å²) in [7, 11) is 0. The largest absolute Gasteiger partial charge is 0.484 e. The molecule has 0 aromatic carbocycles. The third kappa shape index (κ3) is 4.44. The Morgan fingerprint density at radius 1 is 1.21 bits per heavy atom. The molecule has 8 nitrogen and oxygen atoms in total. The highest BCUT2D eigenvalue weighted by Gasteiger charge is 2.22. The Hall–Kier alpha value is -3.57. The van der Waals surface area contributed by atoms with Crippen LogP contribution in [0.15, 0.2) is 43.0 Å². The molecule has 4 aromatic rings. The van der Waals surface area contributed by atoms with Gasteiger partial charge in [0.25, 0.3) is 0 Å². The van der Waals surface area contributed by atoms with Gasteiger partial charge >= 0.3 is 0 Å². The number of aromatic nitrogens is 5. The third-order valence-corrected chi connectivity index (χ3v) is 6.20. The molecule has 5 heterocycles. The molecule has 0 amide bonds. The summed E-state index contributed by atoms with van der Waals surface area (Å²) in [6, 6.07) is 5.85. The summed E-state index contributed by atoms with van der Waals surface area (Å²) in [6.45, 7) is 10.1. The van der Waals surface area contributed by atoms with Gasteiger partial charge in [0, 0.05) is 54.9 Å². The van der Waals surface area contributed by atoms with Gasteiger partial charge in [-0.1, -0.05) is 31.5 Å². The molecule has 0 bridgehead atoms. The smallest absolute Gasteiger partial charge is 0.179 e. The van der Waals surface area contributed by atoms with Crippen LogP contribution in [-0.2, 0) is 13.0 Å². The Bertz CT molecular complexity index is 1320. The molecule has 5 rings (SSSR count). The van der Waals surface area contributed by atoms with Gasteiger partial charge in [0.2, 0.25) is 0 Å². The molecule has 0 radical (unpaired) electrons. The summed E-state index contributed by atoms with van der Waals surface area (Å²) in [6.07, 6.45) is 9.89. The summed E-state index contributed by atoms with van der Waals surface area (Å²) in [5.41, 5.74) is 5.74. The van der Waals surface area contributed by atoms with E-state index in [1.54, 1.807) is 28.0 Å². The van der Waals surface area contributed by atoms with E-state index in [1.165, 1.54) is 0 Å². The van der Waals surface area contributed by atoms with Crippen molar-refractivity contribution < 1.29 is 4.74 Å². The molecule has 0 fully saturated rings. The Morgan fingerprint density at radius 2 is 2.03 bits per heavy atom. The van der Waals surface area contributed by atoms with E-state index in [1.807, 2.05) is 49.8 Å². The molecule has 1 atom stereocenters. The zero-order valence-corrected chi connectivity index (χ0v) is 20.6. The Kier molecular flexibility index (Phi) is 7.03. The van der Waals surface area contributed by atoms with Crippen LogP contribution in [0.2, 0.25) is 5.02 Å². The molecule has 0 N–H and O–H groups in total. The molecule has 0 aliphatic carbocycles. The molecule has 0 saturated carbocycles. The maximum absolute atomic E-state index is 9.23. The normalized spacial score (nSPS) is 13.9. The first-order valence-corrected chi connectivity index (χ1v) is 11.9. The predicted molar refractivity (Wildman–Crippen MR) is 132 cm³/mol. The minimum Gasteiger partial charge on any atom is -0.484 e. The first kappa shape index (κ1) is 23.6. The summed E-state index contributed by atoms with van der Waals surface area (Å²) in [5, 5.41) is 19.0. The second kappa shape index (κ2) is 10.1. The molecule has 1 aliphatic rings. The number of nitrogens with zero attached hydrogens (tertiary/aromatic N) is 7. The minimum atomic E-state index is -0.217. The minimum absolute atomic E-state index is 0.217. The number of rotatable bonds is 4. The fourth-order valence-electron chi connectivity index (χ4n) is 4.17. The summed E-state index contributed by atoms with van der Waals surface area (Å²) in [4.78, 5) is 5.97. The average molecular weight is 478 g/mol. The maximum Gasteiger partial charge on any atom is 0.179 e. The van der Waals surface area contributed by atoms with Crippen molar-refractivity contribution in [2.45, 2.75) is 46.8 Å². The van der Waals surface area contributed by atoms with Gasteiger partial charge in [-0.2, -0.15) is 15.5 Å². The number of nitriles is 1. The van der Waals surface area contributed by atoms with Crippen LogP contribution < -0.4 is 4.74 Å².